The molecule has 0 radical (unpaired) electrons. The second-order valence-electron chi connectivity index (χ2n) is 11.7. The van der Waals surface area contributed by atoms with E-state index in [1.54, 1.807) is 14.0 Å². The Morgan fingerprint density at radius 3 is 2.52 bits per heavy atom. The lowest BCUT2D eigenvalue weighted by molar-refractivity contribution is -0.130. The quantitative estimate of drug-likeness (QED) is 0.319. The zero-order valence-corrected chi connectivity index (χ0v) is 25.2. The maximum atomic E-state index is 13.6. The number of nitrogens with one attached hydrogen (secondary N) is 2. The third kappa shape index (κ3) is 9.56. The first-order valence-electron chi connectivity index (χ1n) is 14.9. The number of rotatable bonds is 15. The van der Waals surface area contributed by atoms with E-state index >= 15 is 0 Å². The molecular weight excluding hydrogens is 508 g/mol. The van der Waals surface area contributed by atoms with E-state index in [9.17, 15) is 14.4 Å². The van der Waals surface area contributed by atoms with E-state index in [-0.39, 0.29) is 23.6 Å². The van der Waals surface area contributed by atoms with Gasteiger partial charge in [0.25, 0.3) is 5.91 Å². The predicted octanol–water partition coefficient (Wildman–Crippen LogP) is 2.90. The van der Waals surface area contributed by atoms with Gasteiger partial charge in [0, 0.05) is 71.3 Å². The molecule has 0 aromatic heterocycles. The fourth-order valence-electron chi connectivity index (χ4n) is 5.70. The molecule has 2 saturated heterocycles. The lowest BCUT2D eigenvalue weighted by Crippen LogP contribution is -2.43. The number of nitrogens with zero attached hydrogens (tertiary/aromatic N) is 2. The second-order valence-corrected chi connectivity index (χ2v) is 11.7. The summed E-state index contributed by atoms with van der Waals surface area (Å²) in [6, 6.07) is 5.76. The molecule has 40 heavy (non-hydrogen) atoms. The Morgan fingerprint density at radius 1 is 1.12 bits per heavy atom. The standard InChI is InChI=1S/C31H50N4O5/c1-22(2)35(31(38)26-8-7-23(3)30(16-26)40-14-6-13-39-5)21-28-19-32-17-27(28)18-33-20-29(37)15-25-9-11-34(12-10-25)24(4)36/h7-8,16,22,25,27-28,32-33H,6,9-15,17-21H2,1-5H3/t27-,28-/m0/s1. The molecule has 2 aliphatic rings. The molecule has 1 aromatic rings. The highest BCUT2D eigenvalue weighted by Gasteiger charge is 2.32. The van der Waals surface area contributed by atoms with Crippen molar-refractivity contribution >= 4 is 17.6 Å². The molecule has 9 nitrogen and oxygen atoms in total. The smallest absolute Gasteiger partial charge is 0.254 e. The highest BCUT2D eigenvalue weighted by atomic mass is 16.5. The monoisotopic (exact) mass is 558 g/mol. The minimum absolute atomic E-state index is 0.0151. The predicted molar refractivity (Wildman–Crippen MR) is 157 cm³/mol. The first-order valence-corrected chi connectivity index (χ1v) is 14.9. The summed E-state index contributed by atoms with van der Waals surface area (Å²) in [4.78, 5) is 41.6. The van der Waals surface area contributed by atoms with Crippen molar-refractivity contribution in [1.82, 2.24) is 20.4 Å². The lowest BCUT2D eigenvalue weighted by atomic mass is 9.91. The SMILES string of the molecule is COCCCOc1cc(C(=O)N(C[C@@H]2CNC[C@H]2CNCC(=O)CC2CCN(C(C)=O)CC2)C(C)C)ccc1C. The molecule has 0 spiro atoms. The van der Waals surface area contributed by atoms with E-state index < -0.39 is 0 Å². The van der Waals surface area contributed by atoms with E-state index in [1.165, 1.54) is 0 Å². The summed E-state index contributed by atoms with van der Waals surface area (Å²) >= 11 is 0. The van der Waals surface area contributed by atoms with Crippen LogP contribution in [0, 0.1) is 24.7 Å². The molecule has 2 heterocycles. The summed E-state index contributed by atoms with van der Waals surface area (Å²) in [6.45, 7) is 13.9. The zero-order chi connectivity index (χ0) is 29.1. The number of Topliss-reactive ketones (excluding diaryl/α,β-unsaturated/α-hetero) is 1. The van der Waals surface area contributed by atoms with Crippen molar-refractivity contribution in [2.24, 2.45) is 17.8 Å². The molecule has 2 aliphatic heterocycles. The van der Waals surface area contributed by atoms with Gasteiger partial charge in [-0.3, -0.25) is 14.4 Å². The number of aryl methyl sites for hydroxylation is 1. The number of piperidine rings is 1. The van der Waals surface area contributed by atoms with Gasteiger partial charge in [-0.15, -0.1) is 0 Å². The zero-order valence-electron chi connectivity index (χ0n) is 25.2. The van der Waals surface area contributed by atoms with Crippen LogP contribution in [0.5, 0.6) is 5.75 Å². The number of amides is 2. The molecule has 0 bridgehead atoms. The van der Waals surface area contributed by atoms with Crippen LogP contribution in [0.15, 0.2) is 18.2 Å². The topological polar surface area (TPSA) is 100 Å². The Kier molecular flexibility index (Phi) is 12.9. The van der Waals surface area contributed by atoms with Crippen molar-refractivity contribution in [3.63, 3.8) is 0 Å². The lowest BCUT2D eigenvalue weighted by Gasteiger charge is -2.32. The van der Waals surface area contributed by atoms with Crippen molar-refractivity contribution in [2.75, 3.05) is 66.1 Å². The third-order valence-corrected chi connectivity index (χ3v) is 8.29. The van der Waals surface area contributed by atoms with Crippen LogP contribution in [0.1, 0.15) is 62.4 Å². The molecule has 2 N–H and O–H groups in total. The molecule has 0 saturated carbocycles. The molecule has 2 atom stereocenters. The molecular formula is C31H50N4O5. The van der Waals surface area contributed by atoms with E-state index in [2.05, 4.69) is 24.5 Å². The van der Waals surface area contributed by atoms with Crippen LogP contribution in [0.2, 0.25) is 0 Å². The van der Waals surface area contributed by atoms with Gasteiger partial charge in [0.1, 0.15) is 11.5 Å². The normalized spacial score (nSPS) is 19.7. The van der Waals surface area contributed by atoms with Crippen molar-refractivity contribution < 1.29 is 23.9 Å². The highest BCUT2D eigenvalue weighted by Crippen LogP contribution is 2.24. The van der Waals surface area contributed by atoms with Gasteiger partial charge < -0.3 is 29.9 Å². The van der Waals surface area contributed by atoms with Crippen LogP contribution in [0.3, 0.4) is 0 Å². The Labute approximate surface area is 240 Å². The summed E-state index contributed by atoms with van der Waals surface area (Å²) in [7, 11) is 1.68. The van der Waals surface area contributed by atoms with Gasteiger partial charge in [-0.25, -0.2) is 0 Å². The van der Waals surface area contributed by atoms with E-state index in [1.807, 2.05) is 34.9 Å². The van der Waals surface area contributed by atoms with Gasteiger partial charge in [-0.1, -0.05) is 6.07 Å². The molecule has 9 heteroatoms. The van der Waals surface area contributed by atoms with Crippen LogP contribution in [-0.2, 0) is 14.3 Å². The summed E-state index contributed by atoms with van der Waals surface area (Å²) in [5.74, 6) is 2.14. The third-order valence-electron chi connectivity index (χ3n) is 8.29. The molecule has 2 fully saturated rings. The summed E-state index contributed by atoms with van der Waals surface area (Å²) in [6.07, 6.45) is 3.18. The van der Waals surface area contributed by atoms with E-state index in [4.69, 9.17) is 9.47 Å². The van der Waals surface area contributed by atoms with Crippen LogP contribution in [0.4, 0.5) is 0 Å². The highest BCUT2D eigenvalue weighted by molar-refractivity contribution is 5.95. The van der Waals surface area contributed by atoms with Gasteiger partial charge in [0.15, 0.2) is 0 Å². The van der Waals surface area contributed by atoms with Crippen LogP contribution in [-0.4, -0.2) is 99.6 Å². The Hall–Kier alpha value is -2.49. The Bertz CT molecular complexity index is 976. The number of carbonyl (C=O) groups is 3. The van der Waals surface area contributed by atoms with Gasteiger partial charge in [0.2, 0.25) is 5.91 Å². The molecule has 0 unspecified atom stereocenters. The summed E-state index contributed by atoms with van der Waals surface area (Å²) < 4.78 is 11.0. The number of ether oxygens (including phenoxy) is 2. The Morgan fingerprint density at radius 2 is 1.85 bits per heavy atom. The maximum absolute atomic E-state index is 13.6. The van der Waals surface area contributed by atoms with Crippen LogP contribution >= 0.6 is 0 Å². The average molecular weight is 559 g/mol. The first-order chi connectivity index (χ1) is 19.2. The van der Waals surface area contributed by atoms with E-state index in [0.29, 0.717) is 56.0 Å². The largest absolute Gasteiger partial charge is 0.493 e. The number of ketones is 1. The first kappa shape index (κ1) is 32.0. The van der Waals surface area contributed by atoms with E-state index in [0.717, 1.165) is 63.3 Å². The van der Waals surface area contributed by atoms with Crippen molar-refractivity contribution in [3.8, 4) is 5.75 Å². The number of benzene rings is 1. The van der Waals surface area contributed by atoms with Gasteiger partial charge in [-0.2, -0.15) is 0 Å². The van der Waals surface area contributed by atoms with Crippen LogP contribution in [0.25, 0.3) is 0 Å². The second kappa shape index (κ2) is 16.1. The molecule has 1 aromatic carbocycles. The van der Waals surface area contributed by atoms with Crippen molar-refractivity contribution in [2.45, 2.75) is 59.4 Å². The van der Waals surface area contributed by atoms with Crippen molar-refractivity contribution in [3.05, 3.63) is 29.3 Å². The summed E-state index contributed by atoms with van der Waals surface area (Å²) in [5.41, 5.74) is 1.65. The van der Waals surface area contributed by atoms with Crippen molar-refractivity contribution in [1.29, 1.82) is 0 Å². The molecule has 224 valence electrons. The minimum atomic E-state index is 0.0151. The number of methoxy groups -OCH3 is 1. The number of hydrogen-bond donors (Lipinski definition) is 2. The molecule has 0 aliphatic carbocycles. The molecule has 2 amide bonds. The van der Waals surface area contributed by atoms with Gasteiger partial charge >= 0.3 is 0 Å². The molecule has 3 rings (SSSR count). The van der Waals surface area contributed by atoms with Gasteiger partial charge in [-0.05, 0) is 82.2 Å². The fourth-order valence-corrected chi connectivity index (χ4v) is 5.70. The minimum Gasteiger partial charge on any atom is -0.493 e. The summed E-state index contributed by atoms with van der Waals surface area (Å²) in [5, 5.41) is 6.88. The van der Waals surface area contributed by atoms with Gasteiger partial charge in [0.05, 0.1) is 13.2 Å². The number of likely N-dealkylation sites (tertiary alicyclic amines) is 1. The number of hydrogen-bond acceptors (Lipinski definition) is 7. The fraction of sp³-hybridized carbons (Fsp3) is 0.710. The number of carbonyl (C=O) groups excluding carboxylic acids is 3. The van der Waals surface area contributed by atoms with Crippen LogP contribution < -0.4 is 15.4 Å². The average Bonchev–Trinajstić information content (AvgIpc) is 3.37. The Balaban J connectivity index is 1.49. The maximum Gasteiger partial charge on any atom is 0.254 e.